The van der Waals surface area contributed by atoms with Crippen LogP contribution in [-0.4, -0.2) is 37.9 Å². The summed E-state index contributed by atoms with van der Waals surface area (Å²) in [6, 6.07) is 7.17. The Morgan fingerprint density at radius 2 is 1.91 bits per heavy atom. The zero-order valence-electron chi connectivity index (χ0n) is 17.9. The summed E-state index contributed by atoms with van der Waals surface area (Å²) in [6.45, 7) is 0.972. The molecular weight excluding hydrogens is 458 g/mol. The number of carbonyl (C=O) groups excluding carboxylic acids is 1. The number of anilines is 2. The first-order valence-electron chi connectivity index (χ1n) is 10.2. The van der Waals surface area contributed by atoms with Crippen molar-refractivity contribution in [1.29, 1.82) is 0 Å². The van der Waals surface area contributed by atoms with Crippen LogP contribution in [0.25, 0.3) is 5.69 Å². The van der Waals surface area contributed by atoms with E-state index in [9.17, 15) is 22.4 Å². The summed E-state index contributed by atoms with van der Waals surface area (Å²) in [7, 11) is 0. The molecule has 0 unspecified atom stereocenters. The topological polar surface area (TPSA) is 134 Å². The average Bonchev–Trinajstić information content (AvgIpc) is 3.32. The van der Waals surface area contributed by atoms with E-state index >= 15 is 0 Å². The van der Waals surface area contributed by atoms with Crippen molar-refractivity contribution in [2.24, 2.45) is 0 Å². The molecule has 0 radical (unpaired) electrons. The average molecular weight is 479 g/mol. The highest BCUT2D eigenvalue weighted by Crippen LogP contribution is 2.47. The molecule has 0 aliphatic heterocycles. The van der Waals surface area contributed by atoms with Crippen molar-refractivity contribution in [1.82, 2.24) is 25.1 Å². The zero-order valence-corrected chi connectivity index (χ0v) is 17.9. The van der Waals surface area contributed by atoms with E-state index in [-0.39, 0.29) is 41.0 Å². The second-order valence-corrected chi connectivity index (χ2v) is 7.93. The lowest BCUT2D eigenvalue weighted by Crippen LogP contribution is -2.31. The number of amides is 1. The molecule has 5 N–H and O–H groups in total. The molecule has 13 heteroatoms. The van der Waals surface area contributed by atoms with Crippen LogP contribution in [0.3, 0.4) is 0 Å². The Labute approximate surface area is 191 Å². The fraction of sp³-hybridized carbons (Fsp3) is 0.333. The molecule has 1 aliphatic carbocycles. The molecule has 2 heterocycles. The van der Waals surface area contributed by atoms with E-state index in [1.807, 2.05) is 0 Å². The summed E-state index contributed by atoms with van der Waals surface area (Å²) in [5.41, 5.74) is 11.1. The van der Waals surface area contributed by atoms with Crippen LogP contribution >= 0.6 is 0 Å². The molecule has 180 valence electrons. The van der Waals surface area contributed by atoms with Gasteiger partial charge >= 0.3 is 6.18 Å². The Kier molecular flexibility index (Phi) is 5.79. The minimum absolute atomic E-state index is 0.0154. The molecule has 3 aromatic rings. The van der Waals surface area contributed by atoms with Crippen LogP contribution in [0, 0.1) is 0 Å². The van der Waals surface area contributed by atoms with Gasteiger partial charge in [0.25, 0.3) is 5.91 Å². The molecule has 0 saturated heterocycles. The Balaban J connectivity index is 1.44. The summed E-state index contributed by atoms with van der Waals surface area (Å²) in [4.78, 5) is 20.6. The number of alkyl halides is 4. The van der Waals surface area contributed by atoms with Gasteiger partial charge in [-0.2, -0.15) is 13.2 Å². The number of rotatable bonds is 7. The van der Waals surface area contributed by atoms with Gasteiger partial charge in [-0.25, -0.2) is 19.0 Å². The SMILES string of the molecule is C[C@@H](Oc1ccc(CNC(=O)c2cc(-n3cnc(C4(F)CC4)n3)c(N)nc2N)cc1)C(F)(F)F. The Bertz CT molecular complexity index is 1210. The van der Waals surface area contributed by atoms with E-state index < -0.39 is 23.9 Å². The number of ether oxygens (including phenoxy) is 1. The van der Waals surface area contributed by atoms with Crippen molar-refractivity contribution in [2.45, 2.75) is 44.3 Å². The van der Waals surface area contributed by atoms with Crippen LogP contribution in [0.15, 0.2) is 36.7 Å². The first-order chi connectivity index (χ1) is 16.0. The molecule has 1 saturated carbocycles. The molecular formula is C21H21F4N7O2. The van der Waals surface area contributed by atoms with Crippen LogP contribution in [0.1, 0.15) is 41.5 Å². The van der Waals surface area contributed by atoms with Crippen molar-refractivity contribution < 1.29 is 27.1 Å². The highest BCUT2D eigenvalue weighted by molar-refractivity contribution is 5.99. The number of nitrogens with one attached hydrogen (secondary N) is 1. The third-order valence-electron chi connectivity index (χ3n) is 5.28. The molecule has 1 atom stereocenters. The first-order valence-corrected chi connectivity index (χ1v) is 10.2. The second kappa shape index (κ2) is 8.47. The maximum Gasteiger partial charge on any atom is 0.425 e. The standard InChI is InChI=1S/C21H21F4N7O2/c1-11(21(23,24)25)34-13-4-2-12(3-5-13)9-28-18(33)14-8-15(17(27)30-16(14)26)32-10-29-19(31-32)20(22)6-7-20/h2-5,8,10-11H,6-7,9H2,1H3,(H,28,33)(H4,26,27,30)/t11-/m1/s1. The minimum atomic E-state index is -4.47. The molecule has 9 nitrogen and oxygen atoms in total. The van der Waals surface area contributed by atoms with Gasteiger partial charge in [0, 0.05) is 6.54 Å². The molecule has 0 spiro atoms. The largest absolute Gasteiger partial charge is 0.481 e. The van der Waals surface area contributed by atoms with Gasteiger partial charge in [0.05, 0.1) is 5.56 Å². The van der Waals surface area contributed by atoms with Crippen molar-refractivity contribution in [3.8, 4) is 11.4 Å². The summed E-state index contributed by atoms with van der Waals surface area (Å²) >= 11 is 0. The first kappa shape index (κ1) is 23.3. The summed E-state index contributed by atoms with van der Waals surface area (Å²) in [6.07, 6.45) is -4.46. The molecule has 34 heavy (non-hydrogen) atoms. The molecule has 1 amide bonds. The van der Waals surface area contributed by atoms with E-state index in [1.165, 1.54) is 41.3 Å². The highest BCUT2D eigenvalue weighted by atomic mass is 19.4. The smallest absolute Gasteiger partial charge is 0.425 e. The second-order valence-electron chi connectivity index (χ2n) is 7.93. The van der Waals surface area contributed by atoms with Crippen molar-refractivity contribution in [3.63, 3.8) is 0 Å². The third-order valence-corrected chi connectivity index (χ3v) is 5.28. The molecule has 2 aromatic heterocycles. The maximum atomic E-state index is 14.2. The van der Waals surface area contributed by atoms with E-state index in [2.05, 4.69) is 20.4 Å². The van der Waals surface area contributed by atoms with Gasteiger partial charge in [-0.05, 0) is 43.5 Å². The number of nitrogens with two attached hydrogens (primary N) is 2. The van der Waals surface area contributed by atoms with E-state index in [1.54, 1.807) is 0 Å². The maximum absolute atomic E-state index is 14.2. The lowest BCUT2D eigenvalue weighted by molar-refractivity contribution is -0.189. The number of hydrogen-bond acceptors (Lipinski definition) is 7. The summed E-state index contributed by atoms with van der Waals surface area (Å²) in [5.74, 6) is -0.621. The van der Waals surface area contributed by atoms with Gasteiger partial charge in [-0.15, -0.1) is 5.10 Å². The summed E-state index contributed by atoms with van der Waals surface area (Å²) in [5, 5.41) is 6.75. The summed E-state index contributed by atoms with van der Waals surface area (Å²) < 4.78 is 58.1. The van der Waals surface area contributed by atoms with Crippen LogP contribution in [0.5, 0.6) is 5.75 Å². The number of nitrogens with zero attached hydrogens (tertiary/aromatic N) is 4. The Hall–Kier alpha value is -3.90. The van der Waals surface area contributed by atoms with Gasteiger partial charge in [0.1, 0.15) is 23.6 Å². The van der Waals surface area contributed by atoms with Crippen LogP contribution < -0.4 is 21.5 Å². The highest BCUT2D eigenvalue weighted by Gasteiger charge is 2.48. The van der Waals surface area contributed by atoms with Gasteiger partial charge in [0.2, 0.25) is 0 Å². The number of benzene rings is 1. The lowest BCUT2D eigenvalue weighted by Gasteiger charge is -2.17. The predicted molar refractivity (Wildman–Crippen MR) is 114 cm³/mol. The van der Waals surface area contributed by atoms with Crippen LogP contribution in [-0.2, 0) is 12.2 Å². The van der Waals surface area contributed by atoms with E-state index in [4.69, 9.17) is 16.2 Å². The molecule has 1 fully saturated rings. The molecule has 4 rings (SSSR count). The zero-order chi connectivity index (χ0) is 24.7. The van der Waals surface area contributed by atoms with Crippen LogP contribution in [0.4, 0.5) is 29.2 Å². The van der Waals surface area contributed by atoms with Gasteiger partial charge in [-0.1, -0.05) is 12.1 Å². The van der Waals surface area contributed by atoms with Crippen molar-refractivity contribution in [2.75, 3.05) is 11.5 Å². The number of pyridine rings is 1. The Morgan fingerprint density at radius 1 is 1.24 bits per heavy atom. The third kappa shape index (κ3) is 4.87. The number of aromatic nitrogens is 4. The van der Waals surface area contributed by atoms with Gasteiger partial charge in [-0.3, -0.25) is 4.79 Å². The Morgan fingerprint density at radius 3 is 2.53 bits per heavy atom. The molecule has 1 aliphatic rings. The van der Waals surface area contributed by atoms with E-state index in [0.717, 1.165) is 6.92 Å². The van der Waals surface area contributed by atoms with Crippen LogP contribution in [0.2, 0.25) is 0 Å². The molecule has 0 bridgehead atoms. The predicted octanol–water partition coefficient (Wildman–Crippen LogP) is 3.04. The normalized spacial score (nSPS) is 15.6. The number of carbonyl (C=O) groups is 1. The monoisotopic (exact) mass is 479 g/mol. The van der Waals surface area contributed by atoms with Gasteiger partial charge in [0.15, 0.2) is 23.4 Å². The number of halogens is 4. The minimum Gasteiger partial charge on any atom is -0.481 e. The van der Waals surface area contributed by atoms with Crippen molar-refractivity contribution in [3.05, 3.63) is 53.6 Å². The fourth-order valence-corrected chi connectivity index (χ4v) is 3.05. The fourth-order valence-electron chi connectivity index (χ4n) is 3.05. The number of nitrogen functional groups attached to an aromatic ring is 2. The van der Waals surface area contributed by atoms with Crippen molar-refractivity contribution >= 4 is 17.5 Å². The number of hydrogen-bond donors (Lipinski definition) is 3. The quantitative estimate of drug-likeness (QED) is 0.444. The van der Waals surface area contributed by atoms with E-state index in [0.29, 0.717) is 18.4 Å². The van der Waals surface area contributed by atoms with Gasteiger partial charge < -0.3 is 21.5 Å². The molecule has 1 aromatic carbocycles. The lowest BCUT2D eigenvalue weighted by atomic mass is 10.2.